The van der Waals surface area contributed by atoms with Crippen molar-refractivity contribution >= 4 is 11.9 Å². The molecule has 0 saturated heterocycles. The monoisotopic (exact) mass is 506 g/mol. The Morgan fingerprint density at radius 3 is 0.903 bits per heavy atom. The van der Waals surface area contributed by atoms with Gasteiger partial charge in [0.25, 0.3) is 0 Å². The molecule has 0 aliphatic rings. The molecule has 0 rings (SSSR count). The largest absolute Gasteiger partial charge is 2.00 e. The molecule has 0 radical (unpaired) electrons. The van der Waals surface area contributed by atoms with Gasteiger partial charge in [0.05, 0.1) is 25.2 Å². The van der Waals surface area contributed by atoms with E-state index in [-0.39, 0.29) is 17.1 Å². The van der Waals surface area contributed by atoms with Gasteiger partial charge < -0.3 is 81.1 Å². The molecule has 0 aromatic heterocycles. The van der Waals surface area contributed by atoms with Gasteiger partial charge in [-0.15, -0.1) is 0 Å². The SMILES string of the molecule is O=C([O-])C(O)[C@H](O)[C@@H](O)[C@H](O)[C@H](O)CO.O=C([O-])C(O)[C@H](O)[C@@H](O)[C@H](O)[C@H](O)CO.[Fe+2]. The molecule has 31 heavy (non-hydrogen) atoms. The smallest absolute Gasteiger partial charge is 0.547 e. The van der Waals surface area contributed by atoms with Crippen LogP contribution in [0, 0.1) is 0 Å². The Labute approximate surface area is 185 Å². The number of carbonyl (C=O) groups is 2. The second-order valence-electron chi connectivity index (χ2n) is 5.97. The third-order valence-electron chi connectivity index (χ3n) is 3.69. The van der Waals surface area contributed by atoms with E-state index in [4.69, 9.17) is 61.3 Å². The molecule has 10 atom stereocenters. The fourth-order valence-electron chi connectivity index (χ4n) is 1.73. The van der Waals surface area contributed by atoms with E-state index < -0.39 is 86.2 Å². The van der Waals surface area contributed by atoms with Crippen molar-refractivity contribution in [2.24, 2.45) is 0 Å². The van der Waals surface area contributed by atoms with E-state index in [0.717, 1.165) is 0 Å². The van der Waals surface area contributed by atoms with Crippen LogP contribution in [0.3, 0.4) is 0 Å². The summed E-state index contributed by atoms with van der Waals surface area (Å²) in [6.07, 6.45) is -21.0. The summed E-state index contributed by atoms with van der Waals surface area (Å²) in [4.78, 5) is 20.2. The average molecular weight is 506 g/mol. The molecule has 0 fully saturated rings. The number of aliphatic hydroxyl groups excluding tert-OH is 12. The summed E-state index contributed by atoms with van der Waals surface area (Å²) in [5.74, 6) is -4.07. The van der Waals surface area contributed by atoms with Crippen LogP contribution in [0.2, 0.25) is 0 Å². The van der Waals surface area contributed by atoms with Gasteiger partial charge in [-0.05, 0) is 0 Å². The van der Waals surface area contributed by atoms with E-state index in [1.807, 2.05) is 0 Å². The van der Waals surface area contributed by atoms with Crippen LogP contribution in [0.15, 0.2) is 0 Å². The Morgan fingerprint density at radius 1 is 0.516 bits per heavy atom. The molecule has 0 saturated carbocycles. The van der Waals surface area contributed by atoms with Gasteiger partial charge >= 0.3 is 17.1 Å². The molecule has 2 unspecified atom stereocenters. The molecular weight excluding hydrogens is 480 g/mol. The van der Waals surface area contributed by atoms with Gasteiger partial charge in [0.2, 0.25) is 0 Å². The molecule has 0 bridgehead atoms. The summed E-state index contributed by atoms with van der Waals surface area (Å²) in [7, 11) is 0. The van der Waals surface area contributed by atoms with E-state index in [9.17, 15) is 19.8 Å². The Kier molecular flexibility index (Phi) is 18.5. The number of carbonyl (C=O) groups excluding carboxylic acids is 2. The van der Waals surface area contributed by atoms with Crippen molar-refractivity contribution in [1.29, 1.82) is 0 Å². The van der Waals surface area contributed by atoms with E-state index in [1.54, 1.807) is 0 Å². The summed E-state index contributed by atoms with van der Waals surface area (Å²) >= 11 is 0. The second kappa shape index (κ2) is 16.6. The van der Waals surface area contributed by atoms with Crippen molar-refractivity contribution in [3.63, 3.8) is 0 Å². The first-order valence-electron chi connectivity index (χ1n) is 8.09. The first kappa shape index (κ1) is 34.6. The van der Waals surface area contributed by atoms with Crippen LogP contribution >= 0.6 is 0 Å². The predicted molar refractivity (Wildman–Crippen MR) is 84.3 cm³/mol. The van der Waals surface area contributed by atoms with Gasteiger partial charge in [-0.2, -0.15) is 0 Å². The second-order valence-corrected chi connectivity index (χ2v) is 5.97. The zero-order chi connectivity index (χ0) is 24.3. The zero-order valence-electron chi connectivity index (χ0n) is 15.5. The molecule has 16 nitrogen and oxygen atoms in total. The van der Waals surface area contributed by atoms with Gasteiger partial charge in [0.1, 0.15) is 61.0 Å². The third kappa shape index (κ3) is 11.4. The van der Waals surface area contributed by atoms with Crippen molar-refractivity contribution in [2.75, 3.05) is 13.2 Å². The zero-order valence-corrected chi connectivity index (χ0v) is 16.6. The van der Waals surface area contributed by atoms with Crippen LogP contribution < -0.4 is 10.2 Å². The van der Waals surface area contributed by atoms with Crippen LogP contribution in [-0.2, 0) is 26.7 Å². The molecule has 0 heterocycles. The van der Waals surface area contributed by atoms with Gasteiger partial charge in [0, 0.05) is 0 Å². The summed E-state index contributed by atoms with van der Waals surface area (Å²) in [6.45, 7) is -1.79. The maximum absolute atomic E-state index is 10.1. The van der Waals surface area contributed by atoms with E-state index in [2.05, 4.69) is 0 Å². The normalized spacial score (nSPS) is 20.8. The van der Waals surface area contributed by atoms with Gasteiger partial charge in [0.15, 0.2) is 0 Å². The standard InChI is InChI=1S/2C7H14O8.Fe/c2*8-1-2(9)3(10)4(11)5(12)6(13)7(14)15;/h2*2-6,8-13H,1H2,(H,14,15);/q;;+2/p-2/t2*2-,3-,4+,5-,6?;/m11./s1. The van der Waals surface area contributed by atoms with Crippen molar-refractivity contribution in [3.8, 4) is 0 Å². The van der Waals surface area contributed by atoms with Crippen LogP contribution in [0.1, 0.15) is 0 Å². The number of hydrogen-bond donors (Lipinski definition) is 12. The Hall–Kier alpha value is -1.02. The predicted octanol–water partition coefficient (Wildman–Crippen LogP) is -10.9. The van der Waals surface area contributed by atoms with Gasteiger partial charge in [-0.3, -0.25) is 0 Å². The van der Waals surface area contributed by atoms with E-state index in [1.165, 1.54) is 0 Å². The van der Waals surface area contributed by atoms with Crippen molar-refractivity contribution < 1.29 is 98.1 Å². The van der Waals surface area contributed by atoms with E-state index >= 15 is 0 Å². The summed E-state index contributed by atoms with van der Waals surface area (Å²) in [6, 6.07) is 0. The Bertz CT molecular complexity index is 465. The molecule has 186 valence electrons. The van der Waals surface area contributed by atoms with Crippen LogP contribution in [0.5, 0.6) is 0 Å². The van der Waals surface area contributed by atoms with Crippen LogP contribution in [-0.4, -0.2) is 147 Å². The molecule has 12 N–H and O–H groups in total. The van der Waals surface area contributed by atoms with Gasteiger partial charge in [-0.25, -0.2) is 0 Å². The number of aliphatic carboxylic acids is 2. The molecule has 0 aliphatic heterocycles. The summed E-state index contributed by atoms with van der Waals surface area (Å²) < 4.78 is 0. The van der Waals surface area contributed by atoms with Crippen LogP contribution in [0.25, 0.3) is 0 Å². The quantitative estimate of drug-likeness (QED) is 0.109. The fraction of sp³-hybridized carbons (Fsp3) is 0.857. The van der Waals surface area contributed by atoms with Crippen molar-refractivity contribution in [2.45, 2.75) is 61.0 Å². The van der Waals surface area contributed by atoms with Crippen molar-refractivity contribution in [3.05, 3.63) is 0 Å². The van der Waals surface area contributed by atoms with E-state index in [0.29, 0.717) is 0 Å². The third-order valence-corrected chi connectivity index (χ3v) is 3.69. The number of carboxylic acids is 2. The number of carboxylic acid groups (broad SMARTS) is 2. The summed E-state index contributed by atoms with van der Waals surface area (Å²) in [5.41, 5.74) is 0. The average Bonchev–Trinajstić information content (AvgIpc) is 2.73. The number of hydrogen-bond acceptors (Lipinski definition) is 16. The molecule has 0 amide bonds. The molecule has 0 aromatic carbocycles. The maximum Gasteiger partial charge on any atom is 2.00 e. The molecule has 17 heteroatoms. The first-order valence-corrected chi connectivity index (χ1v) is 8.09. The number of aliphatic hydroxyl groups is 12. The fourth-order valence-corrected chi connectivity index (χ4v) is 1.73. The molecule has 0 spiro atoms. The molecule has 0 aromatic rings. The summed E-state index contributed by atoms with van der Waals surface area (Å²) in [5, 5.41) is 126. The van der Waals surface area contributed by atoms with Gasteiger partial charge in [-0.1, -0.05) is 0 Å². The number of rotatable bonds is 12. The minimum absolute atomic E-state index is 0. The van der Waals surface area contributed by atoms with Crippen LogP contribution in [0.4, 0.5) is 0 Å². The minimum atomic E-state index is -2.40. The Balaban J connectivity index is -0.000000490. The minimum Gasteiger partial charge on any atom is -0.547 e. The Morgan fingerprint density at radius 2 is 0.742 bits per heavy atom. The maximum atomic E-state index is 10.1. The molecule has 0 aliphatic carbocycles. The molecular formula is C14H26FeO16. The van der Waals surface area contributed by atoms with Crippen molar-refractivity contribution in [1.82, 2.24) is 0 Å². The topological polar surface area (TPSA) is 323 Å². The first-order chi connectivity index (χ1) is 13.6.